The molecule has 3 heterocycles. The molecule has 1 unspecified atom stereocenters. The van der Waals surface area contributed by atoms with Crippen LogP contribution in [0.25, 0.3) is 0 Å². The fraction of sp³-hybridized carbons (Fsp3) is 0.208. The highest BCUT2D eigenvalue weighted by atomic mass is 16.2. The number of rotatable bonds is 3. The Bertz CT molecular complexity index is 1060. The lowest BCUT2D eigenvalue weighted by molar-refractivity contribution is -0.136. The maximum Gasteiger partial charge on any atom is 0.276 e. The zero-order valence-electron chi connectivity index (χ0n) is 16.6. The van der Waals surface area contributed by atoms with Crippen LogP contribution in [-0.4, -0.2) is 48.2 Å². The Balaban J connectivity index is 1.43. The zero-order chi connectivity index (χ0) is 20.4. The molecule has 1 saturated heterocycles. The summed E-state index contributed by atoms with van der Waals surface area (Å²) < 4.78 is 0. The minimum Gasteiger partial charge on any atom is -0.353 e. The van der Waals surface area contributed by atoms with Gasteiger partial charge in [0.1, 0.15) is 5.82 Å². The highest BCUT2D eigenvalue weighted by Crippen LogP contribution is 2.35. The van der Waals surface area contributed by atoms with Gasteiger partial charge in [-0.05, 0) is 18.2 Å². The lowest BCUT2D eigenvalue weighted by Gasteiger charge is -2.41. The number of aliphatic imine (C=N–C) groups is 1. The van der Waals surface area contributed by atoms with E-state index in [2.05, 4.69) is 15.2 Å². The molecule has 0 bridgehead atoms. The van der Waals surface area contributed by atoms with Crippen molar-refractivity contribution in [2.45, 2.75) is 5.66 Å². The Labute approximate surface area is 175 Å². The van der Waals surface area contributed by atoms with Crippen molar-refractivity contribution >= 4 is 23.6 Å². The molecule has 2 aliphatic heterocycles. The molecule has 0 spiro atoms. The fourth-order valence-electron chi connectivity index (χ4n) is 4.08. The van der Waals surface area contributed by atoms with E-state index in [1.807, 2.05) is 77.7 Å². The Hall–Kier alpha value is -3.67. The van der Waals surface area contributed by atoms with Crippen LogP contribution in [0.3, 0.4) is 0 Å². The molecule has 0 saturated carbocycles. The van der Waals surface area contributed by atoms with Gasteiger partial charge in [-0.2, -0.15) is 0 Å². The van der Waals surface area contributed by atoms with Gasteiger partial charge in [0.2, 0.25) is 5.66 Å². The Morgan fingerprint density at radius 3 is 2.37 bits per heavy atom. The van der Waals surface area contributed by atoms with E-state index in [-0.39, 0.29) is 5.91 Å². The molecule has 30 heavy (non-hydrogen) atoms. The number of piperazine rings is 1. The SMILES string of the molecule is O=C(N1CCN(c2ccccn2)CC1)C1(c2ccccc2)N=Cc2ccccc2N1. The molecule has 6 nitrogen and oxygen atoms in total. The number of hydrogen-bond acceptors (Lipinski definition) is 5. The third-order valence-corrected chi connectivity index (χ3v) is 5.71. The first-order valence-corrected chi connectivity index (χ1v) is 10.2. The second-order valence-corrected chi connectivity index (χ2v) is 7.51. The number of para-hydroxylation sites is 1. The molecule has 5 rings (SSSR count). The zero-order valence-corrected chi connectivity index (χ0v) is 16.6. The molecular formula is C24H23N5O. The van der Waals surface area contributed by atoms with Crippen LogP contribution in [-0.2, 0) is 10.5 Å². The number of carbonyl (C=O) groups excluding carboxylic acids is 1. The number of amides is 1. The lowest BCUT2D eigenvalue weighted by Crippen LogP contribution is -2.57. The molecule has 2 aromatic carbocycles. The number of pyridine rings is 1. The molecule has 1 atom stereocenters. The van der Waals surface area contributed by atoms with Crippen LogP contribution < -0.4 is 10.2 Å². The highest BCUT2D eigenvalue weighted by Gasteiger charge is 2.45. The van der Waals surface area contributed by atoms with E-state index in [1.54, 1.807) is 12.4 Å². The number of hydrogen-bond donors (Lipinski definition) is 1. The smallest absolute Gasteiger partial charge is 0.276 e. The van der Waals surface area contributed by atoms with Crippen molar-refractivity contribution < 1.29 is 4.79 Å². The summed E-state index contributed by atoms with van der Waals surface area (Å²) in [6, 6.07) is 23.6. The van der Waals surface area contributed by atoms with Gasteiger partial charge in [-0.1, -0.05) is 54.6 Å². The van der Waals surface area contributed by atoms with E-state index >= 15 is 0 Å². The largest absolute Gasteiger partial charge is 0.353 e. The average molecular weight is 397 g/mol. The van der Waals surface area contributed by atoms with Crippen molar-refractivity contribution in [2.24, 2.45) is 4.99 Å². The molecular weight excluding hydrogens is 374 g/mol. The fourth-order valence-corrected chi connectivity index (χ4v) is 4.08. The van der Waals surface area contributed by atoms with Crippen molar-refractivity contribution in [3.63, 3.8) is 0 Å². The first-order valence-electron chi connectivity index (χ1n) is 10.2. The van der Waals surface area contributed by atoms with Crippen LogP contribution in [0.1, 0.15) is 11.1 Å². The van der Waals surface area contributed by atoms with E-state index in [1.165, 1.54) is 0 Å². The molecule has 1 aromatic heterocycles. The molecule has 1 amide bonds. The second kappa shape index (κ2) is 7.63. The van der Waals surface area contributed by atoms with E-state index in [4.69, 9.17) is 4.99 Å². The summed E-state index contributed by atoms with van der Waals surface area (Å²) in [5.74, 6) is 0.922. The number of fused-ring (bicyclic) bond motifs is 1. The number of anilines is 2. The number of nitrogens with one attached hydrogen (secondary N) is 1. The van der Waals surface area contributed by atoms with Crippen molar-refractivity contribution in [2.75, 3.05) is 36.4 Å². The first-order chi connectivity index (χ1) is 14.8. The Morgan fingerprint density at radius 2 is 1.60 bits per heavy atom. The standard InChI is InChI=1S/C24H23N5O/c30-23(29-16-14-28(15-17-29)22-12-6-7-13-25-22)24(20-9-2-1-3-10-20)26-18-19-8-4-5-11-21(19)27-24/h1-13,18,27H,14-17H2. The summed E-state index contributed by atoms with van der Waals surface area (Å²) in [7, 11) is 0. The summed E-state index contributed by atoms with van der Waals surface area (Å²) >= 11 is 0. The quantitative estimate of drug-likeness (QED) is 0.738. The molecule has 1 N–H and O–H groups in total. The number of benzene rings is 2. The minimum atomic E-state index is -1.15. The second-order valence-electron chi connectivity index (χ2n) is 7.51. The number of nitrogens with zero attached hydrogens (tertiary/aromatic N) is 4. The third kappa shape index (κ3) is 3.20. The van der Waals surface area contributed by atoms with E-state index in [0.29, 0.717) is 13.1 Å². The molecule has 0 aliphatic carbocycles. The van der Waals surface area contributed by atoms with Crippen LogP contribution >= 0.6 is 0 Å². The summed E-state index contributed by atoms with van der Waals surface area (Å²) in [6.07, 6.45) is 3.61. The van der Waals surface area contributed by atoms with Crippen LogP contribution in [0, 0.1) is 0 Å². The summed E-state index contributed by atoms with van der Waals surface area (Å²) in [4.78, 5) is 27.2. The van der Waals surface area contributed by atoms with Crippen molar-refractivity contribution in [3.05, 3.63) is 90.1 Å². The Kier molecular flexibility index (Phi) is 4.67. The molecule has 1 fully saturated rings. The predicted octanol–water partition coefficient (Wildman–Crippen LogP) is 3.13. The third-order valence-electron chi connectivity index (χ3n) is 5.71. The number of aromatic nitrogens is 1. The molecule has 0 radical (unpaired) electrons. The number of carbonyl (C=O) groups is 1. The van der Waals surface area contributed by atoms with Gasteiger partial charge in [0.05, 0.1) is 0 Å². The van der Waals surface area contributed by atoms with Gasteiger partial charge in [0.25, 0.3) is 5.91 Å². The topological polar surface area (TPSA) is 60.8 Å². The summed E-state index contributed by atoms with van der Waals surface area (Å²) in [5, 5.41) is 3.45. The van der Waals surface area contributed by atoms with Crippen LogP contribution in [0.15, 0.2) is 84.0 Å². The van der Waals surface area contributed by atoms with Crippen molar-refractivity contribution in [1.29, 1.82) is 0 Å². The van der Waals surface area contributed by atoms with Crippen molar-refractivity contribution in [1.82, 2.24) is 9.88 Å². The first kappa shape index (κ1) is 18.4. The van der Waals surface area contributed by atoms with Gasteiger partial charge in [-0.25, -0.2) is 4.98 Å². The summed E-state index contributed by atoms with van der Waals surface area (Å²) in [6.45, 7) is 2.74. The average Bonchev–Trinajstić information content (AvgIpc) is 2.84. The predicted molar refractivity (Wildman–Crippen MR) is 119 cm³/mol. The van der Waals surface area contributed by atoms with Gasteiger partial charge in [0.15, 0.2) is 0 Å². The molecule has 150 valence electrons. The maximum atomic E-state index is 13.8. The summed E-state index contributed by atoms with van der Waals surface area (Å²) in [5.41, 5.74) is 1.59. The monoisotopic (exact) mass is 397 g/mol. The normalized spacial score (nSPS) is 20.4. The molecule has 6 heteroatoms. The maximum absolute atomic E-state index is 13.8. The van der Waals surface area contributed by atoms with E-state index in [9.17, 15) is 4.79 Å². The lowest BCUT2D eigenvalue weighted by atomic mass is 9.94. The van der Waals surface area contributed by atoms with Crippen LogP contribution in [0.2, 0.25) is 0 Å². The van der Waals surface area contributed by atoms with Crippen LogP contribution in [0.5, 0.6) is 0 Å². The van der Waals surface area contributed by atoms with Crippen molar-refractivity contribution in [3.8, 4) is 0 Å². The minimum absolute atomic E-state index is 0.0277. The molecule has 2 aliphatic rings. The van der Waals surface area contributed by atoms with Gasteiger partial charge >= 0.3 is 0 Å². The van der Waals surface area contributed by atoms with E-state index in [0.717, 1.165) is 35.7 Å². The van der Waals surface area contributed by atoms with Crippen LogP contribution in [0.4, 0.5) is 11.5 Å². The molecule has 3 aromatic rings. The van der Waals surface area contributed by atoms with Gasteiger partial charge in [-0.3, -0.25) is 9.79 Å². The van der Waals surface area contributed by atoms with Gasteiger partial charge in [0, 0.05) is 55.4 Å². The Morgan fingerprint density at radius 1 is 0.867 bits per heavy atom. The highest BCUT2D eigenvalue weighted by molar-refractivity contribution is 5.99. The van der Waals surface area contributed by atoms with Gasteiger partial charge < -0.3 is 15.1 Å². The van der Waals surface area contributed by atoms with Gasteiger partial charge in [-0.15, -0.1) is 0 Å². The van der Waals surface area contributed by atoms with E-state index < -0.39 is 5.66 Å².